The molecule has 0 N–H and O–H groups in total. The second-order valence-corrected chi connectivity index (χ2v) is 12.5. The van der Waals surface area contributed by atoms with Gasteiger partial charge in [0.1, 0.15) is 12.4 Å². The van der Waals surface area contributed by atoms with Crippen molar-refractivity contribution >= 4 is 57.6 Å². The molecule has 7 rings (SSSR count). The first-order valence-electron chi connectivity index (χ1n) is 12.9. The van der Waals surface area contributed by atoms with Gasteiger partial charge in [-0.15, -0.1) is 11.3 Å². The van der Waals surface area contributed by atoms with E-state index in [0.29, 0.717) is 20.3 Å². The number of aromatic nitrogens is 1. The Labute approximate surface area is 248 Å². The van der Waals surface area contributed by atoms with Crippen LogP contribution in [0.4, 0.5) is 0 Å². The van der Waals surface area contributed by atoms with E-state index in [1.807, 2.05) is 47.0 Å². The highest BCUT2D eigenvalue weighted by Crippen LogP contribution is 2.42. The number of halogens is 2. The number of para-hydroxylation sites is 1. The van der Waals surface area contributed by atoms with Crippen molar-refractivity contribution in [1.82, 2.24) is 4.57 Å². The number of ether oxygens (including phenoxy) is 1. The number of thiazole rings is 1. The minimum Gasteiger partial charge on any atom is -0.488 e. The van der Waals surface area contributed by atoms with Crippen LogP contribution in [0.15, 0.2) is 99.6 Å². The zero-order valence-electron chi connectivity index (χ0n) is 21.1. The summed E-state index contributed by atoms with van der Waals surface area (Å²) in [7, 11) is 0. The Balaban J connectivity index is 1.33. The van der Waals surface area contributed by atoms with Crippen molar-refractivity contribution in [3.8, 4) is 5.75 Å². The number of allylic oxidation sites excluding steroid dienone is 1. The number of aryl methyl sites for hydroxylation is 1. The topological polar surface area (TPSA) is 43.6 Å². The standard InChI is InChI=1S/C32H22Cl2N2O2S2/c33-22-13-11-21(25(34)17-22)18-38-26-9-4-2-7-20(26)16-28-31(37)36-30(27-10-5-15-39-27)24-14-12-19-6-1-3-8-23(19)29(24)35-32(36)40-28/h1-11,13,15-17,30H,12,14,18H2/t30-/m0/s1. The summed E-state index contributed by atoms with van der Waals surface area (Å²) in [4.78, 5) is 21.0. The molecular weight excluding hydrogens is 579 g/mol. The molecule has 1 aliphatic heterocycles. The minimum atomic E-state index is -0.153. The van der Waals surface area contributed by atoms with Gasteiger partial charge in [-0.2, -0.15) is 0 Å². The number of thiophene rings is 1. The van der Waals surface area contributed by atoms with Crippen molar-refractivity contribution in [2.45, 2.75) is 25.5 Å². The summed E-state index contributed by atoms with van der Waals surface area (Å²) < 4.78 is 8.66. The van der Waals surface area contributed by atoms with Crippen molar-refractivity contribution in [2.75, 3.05) is 0 Å². The molecule has 198 valence electrons. The van der Waals surface area contributed by atoms with E-state index in [1.54, 1.807) is 23.5 Å². The lowest BCUT2D eigenvalue weighted by molar-refractivity contribution is 0.305. The Morgan fingerprint density at radius 1 is 1.00 bits per heavy atom. The van der Waals surface area contributed by atoms with Gasteiger partial charge in [0.2, 0.25) is 0 Å². The molecule has 0 saturated heterocycles. The van der Waals surface area contributed by atoms with Crippen LogP contribution in [0.5, 0.6) is 5.75 Å². The van der Waals surface area contributed by atoms with Crippen LogP contribution in [0.2, 0.25) is 10.0 Å². The van der Waals surface area contributed by atoms with Crippen molar-refractivity contribution in [2.24, 2.45) is 4.99 Å². The molecule has 0 radical (unpaired) electrons. The number of benzene rings is 3. The van der Waals surface area contributed by atoms with E-state index >= 15 is 0 Å². The molecule has 2 aliphatic rings. The molecule has 40 heavy (non-hydrogen) atoms. The van der Waals surface area contributed by atoms with Crippen LogP contribution in [0.25, 0.3) is 11.8 Å². The summed E-state index contributed by atoms with van der Waals surface area (Å²) in [6.07, 6.45) is 3.73. The molecule has 3 heterocycles. The lowest BCUT2D eigenvalue weighted by Gasteiger charge is -2.30. The quantitative estimate of drug-likeness (QED) is 0.213. The molecule has 5 aromatic rings. The fourth-order valence-electron chi connectivity index (χ4n) is 5.38. The molecule has 0 bridgehead atoms. The third kappa shape index (κ3) is 4.55. The van der Waals surface area contributed by atoms with E-state index in [1.165, 1.54) is 28.0 Å². The smallest absolute Gasteiger partial charge is 0.271 e. The molecule has 8 heteroatoms. The van der Waals surface area contributed by atoms with E-state index in [9.17, 15) is 4.79 Å². The Kier molecular flexibility index (Phi) is 6.72. The molecule has 3 aromatic carbocycles. The van der Waals surface area contributed by atoms with Gasteiger partial charge < -0.3 is 4.74 Å². The maximum Gasteiger partial charge on any atom is 0.271 e. The largest absolute Gasteiger partial charge is 0.488 e. The predicted octanol–water partition coefficient (Wildman–Crippen LogP) is 7.27. The van der Waals surface area contributed by atoms with E-state index in [-0.39, 0.29) is 18.2 Å². The Morgan fingerprint density at radius 3 is 2.70 bits per heavy atom. The van der Waals surface area contributed by atoms with E-state index in [2.05, 4.69) is 35.7 Å². The first kappa shape index (κ1) is 25.5. The summed E-state index contributed by atoms with van der Waals surface area (Å²) in [6.45, 7) is 0.284. The summed E-state index contributed by atoms with van der Waals surface area (Å²) in [5, 5.41) is 3.20. The fraction of sp³-hybridized carbons (Fsp3) is 0.125. The van der Waals surface area contributed by atoms with Crippen molar-refractivity contribution in [3.05, 3.63) is 147 Å². The van der Waals surface area contributed by atoms with Gasteiger partial charge in [-0.05, 0) is 59.7 Å². The third-order valence-electron chi connectivity index (χ3n) is 7.29. The maximum absolute atomic E-state index is 14.0. The molecule has 0 spiro atoms. The monoisotopic (exact) mass is 600 g/mol. The lowest BCUT2D eigenvalue weighted by atomic mass is 9.85. The zero-order chi connectivity index (χ0) is 27.2. The first-order chi connectivity index (χ1) is 19.6. The minimum absolute atomic E-state index is 0.0388. The molecule has 0 fully saturated rings. The second kappa shape index (κ2) is 10.5. The van der Waals surface area contributed by atoms with Crippen LogP contribution < -0.4 is 19.6 Å². The van der Waals surface area contributed by atoms with Gasteiger partial charge in [-0.3, -0.25) is 9.36 Å². The number of hydrogen-bond acceptors (Lipinski definition) is 5. The Hall–Kier alpha value is -3.42. The van der Waals surface area contributed by atoms with Crippen LogP contribution in [-0.2, 0) is 13.0 Å². The van der Waals surface area contributed by atoms with Gasteiger partial charge in [0.15, 0.2) is 4.80 Å². The van der Waals surface area contributed by atoms with Gasteiger partial charge in [0.25, 0.3) is 5.56 Å². The number of hydrogen-bond donors (Lipinski definition) is 0. The van der Waals surface area contributed by atoms with Crippen LogP contribution >= 0.6 is 45.9 Å². The average Bonchev–Trinajstić information content (AvgIpc) is 3.60. The molecule has 2 aromatic heterocycles. The predicted molar refractivity (Wildman–Crippen MR) is 164 cm³/mol. The highest BCUT2D eigenvalue weighted by atomic mass is 35.5. The van der Waals surface area contributed by atoms with Crippen molar-refractivity contribution in [1.29, 1.82) is 0 Å². The SMILES string of the molecule is O=c1c(=Cc2ccccc2OCc2ccc(Cl)cc2Cl)sc2n1[C@H](c1cccs1)C1=C(N=2)c2ccccc2CC1. The Bertz CT molecular complexity index is 1970. The summed E-state index contributed by atoms with van der Waals surface area (Å²) >= 11 is 15.5. The molecule has 1 atom stereocenters. The molecule has 4 nitrogen and oxygen atoms in total. The summed E-state index contributed by atoms with van der Waals surface area (Å²) in [5.74, 6) is 0.669. The number of fused-ring (bicyclic) bond motifs is 3. The summed E-state index contributed by atoms with van der Waals surface area (Å²) in [5.41, 5.74) is 6.31. The van der Waals surface area contributed by atoms with Gasteiger partial charge in [-0.1, -0.05) is 89.1 Å². The van der Waals surface area contributed by atoms with Crippen LogP contribution in [0.3, 0.4) is 0 Å². The number of rotatable bonds is 5. The molecule has 0 unspecified atom stereocenters. The maximum atomic E-state index is 14.0. The fourth-order valence-corrected chi connectivity index (χ4v) is 7.69. The van der Waals surface area contributed by atoms with Gasteiger partial charge in [-0.25, -0.2) is 4.99 Å². The normalized spacial score (nSPS) is 16.2. The van der Waals surface area contributed by atoms with E-state index in [4.69, 9.17) is 32.9 Å². The van der Waals surface area contributed by atoms with Crippen LogP contribution in [0.1, 0.15) is 39.6 Å². The van der Waals surface area contributed by atoms with Crippen molar-refractivity contribution < 1.29 is 4.74 Å². The van der Waals surface area contributed by atoms with E-state index < -0.39 is 0 Å². The first-order valence-corrected chi connectivity index (χ1v) is 15.3. The van der Waals surface area contributed by atoms with Crippen LogP contribution in [0, 0.1) is 0 Å². The van der Waals surface area contributed by atoms with Crippen molar-refractivity contribution in [3.63, 3.8) is 0 Å². The van der Waals surface area contributed by atoms with Gasteiger partial charge in [0, 0.05) is 31.6 Å². The van der Waals surface area contributed by atoms with Crippen LogP contribution in [-0.4, -0.2) is 4.57 Å². The van der Waals surface area contributed by atoms with Gasteiger partial charge >= 0.3 is 0 Å². The van der Waals surface area contributed by atoms with Gasteiger partial charge in [0.05, 0.1) is 16.3 Å². The average molecular weight is 602 g/mol. The van der Waals surface area contributed by atoms with E-state index in [0.717, 1.165) is 39.3 Å². The Morgan fingerprint density at radius 2 is 1.85 bits per heavy atom. The highest BCUT2D eigenvalue weighted by molar-refractivity contribution is 7.10. The highest BCUT2D eigenvalue weighted by Gasteiger charge is 2.33. The molecular formula is C32H22Cl2N2O2S2. The number of nitrogens with zero attached hydrogens (tertiary/aromatic N) is 2. The molecule has 0 saturated carbocycles. The second-order valence-electron chi connectivity index (χ2n) is 9.69. The zero-order valence-corrected chi connectivity index (χ0v) is 24.3. The summed E-state index contributed by atoms with van der Waals surface area (Å²) in [6, 6.07) is 25.5. The third-order valence-corrected chi connectivity index (χ3v) is 9.78. The molecule has 0 amide bonds. The lowest BCUT2D eigenvalue weighted by Crippen LogP contribution is -2.38. The molecule has 1 aliphatic carbocycles.